The van der Waals surface area contributed by atoms with Crippen LogP contribution in [0, 0.1) is 0 Å². The van der Waals surface area contributed by atoms with Gasteiger partial charge >= 0.3 is 0 Å². The first-order valence-corrected chi connectivity index (χ1v) is 2.21. The van der Waals surface area contributed by atoms with E-state index in [4.69, 9.17) is 0 Å². The number of hydrogen-bond donors (Lipinski definition) is 1. The molecule has 0 saturated carbocycles. The summed E-state index contributed by atoms with van der Waals surface area (Å²) in [5.41, 5.74) is 0. The van der Waals surface area contributed by atoms with Crippen LogP contribution in [0.2, 0.25) is 0 Å². The predicted octanol–water partition coefficient (Wildman–Crippen LogP) is -0.871. The van der Waals surface area contributed by atoms with E-state index in [-0.39, 0.29) is 0 Å². The zero-order valence-electron chi connectivity index (χ0n) is 3.33. The van der Waals surface area contributed by atoms with Crippen LogP contribution >= 0.6 is 0 Å². The van der Waals surface area contributed by atoms with Crippen molar-refractivity contribution in [1.82, 2.24) is 0 Å². The summed E-state index contributed by atoms with van der Waals surface area (Å²) in [7, 11) is 0. The normalized spacial score (nSPS) is 24.0. The quantitative estimate of drug-likeness (QED) is 0.382. The molecule has 1 N–H and O–H groups in total. The van der Waals surface area contributed by atoms with Crippen molar-refractivity contribution in [2.75, 3.05) is 13.1 Å². The second-order valence-electron chi connectivity index (χ2n) is 1.46. The van der Waals surface area contributed by atoms with Gasteiger partial charge in [-0.05, 0) is 0 Å². The third-order valence-corrected chi connectivity index (χ3v) is 0.957. The molecule has 1 heterocycles. The van der Waals surface area contributed by atoms with E-state index in [9.17, 15) is 0 Å². The van der Waals surface area contributed by atoms with Crippen molar-refractivity contribution in [3.05, 3.63) is 0 Å². The van der Waals surface area contributed by atoms with E-state index in [2.05, 4.69) is 5.32 Å². The van der Waals surface area contributed by atoms with Gasteiger partial charge in [-0.3, -0.25) is 0 Å². The molecule has 1 aliphatic rings. The molecule has 1 fully saturated rings. The lowest BCUT2D eigenvalue weighted by Gasteiger charge is -1.63. The molecule has 0 aromatic carbocycles. The summed E-state index contributed by atoms with van der Waals surface area (Å²) in [4.78, 5) is 0. The van der Waals surface area contributed by atoms with Crippen LogP contribution < -0.4 is 5.32 Å². The maximum Gasteiger partial charge on any atom is 0.121 e. The highest BCUT2D eigenvalue weighted by Gasteiger charge is 2.02. The van der Waals surface area contributed by atoms with E-state index in [0.29, 0.717) is 0 Å². The highest BCUT2D eigenvalue weighted by molar-refractivity contribution is 4.37. The molecule has 29 valence electrons. The van der Waals surface area contributed by atoms with Crippen molar-refractivity contribution < 1.29 is 5.32 Å². The summed E-state index contributed by atoms with van der Waals surface area (Å²) < 4.78 is 0. The lowest BCUT2D eigenvalue weighted by atomic mass is 10.4. The molecule has 0 aromatic rings. The standard InChI is InChI=1S/C4H9N/c1-2-4-5-3-1/h5H,1-4H2/q+1. The fourth-order valence-electron chi connectivity index (χ4n) is 0.625. The van der Waals surface area contributed by atoms with Gasteiger partial charge in [0.15, 0.2) is 0 Å². The van der Waals surface area contributed by atoms with E-state index in [1.54, 1.807) is 0 Å². The van der Waals surface area contributed by atoms with Gasteiger partial charge in [-0.15, -0.1) is 0 Å². The molecular weight excluding hydrogens is 62.1 g/mol. The van der Waals surface area contributed by atoms with Gasteiger partial charge < -0.3 is 0 Å². The summed E-state index contributed by atoms with van der Waals surface area (Å²) in [5.74, 6) is 0. The van der Waals surface area contributed by atoms with Gasteiger partial charge in [-0.2, -0.15) is 5.32 Å². The molecule has 0 unspecified atom stereocenters. The Hall–Kier alpha value is -0.0400. The number of nitrogens with one attached hydrogen (secondary N) is 1. The molecule has 0 aliphatic carbocycles. The molecule has 1 saturated heterocycles. The minimum absolute atomic E-state index is 1.25. The molecule has 0 amide bonds. The zero-order chi connectivity index (χ0) is 3.54. The first kappa shape index (κ1) is 3.16. The molecule has 5 heavy (non-hydrogen) atoms. The Bertz CT molecular complexity index is 15.2. The molecule has 0 bridgehead atoms. The van der Waals surface area contributed by atoms with Gasteiger partial charge in [0.05, 0.1) is 0 Å². The predicted molar refractivity (Wildman–Crippen MR) is 19.9 cm³/mol. The minimum atomic E-state index is 1.25. The van der Waals surface area contributed by atoms with Crippen molar-refractivity contribution in [3.8, 4) is 0 Å². The molecule has 1 radical (unpaired) electrons. The van der Waals surface area contributed by atoms with Gasteiger partial charge in [-0.25, -0.2) is 0 Å². The summed E-state index contributed by atoms with van der Waals surface area (Å²) >= 11 is 0. The fraction of sp³-hybridized carbons (Fsp3) is 1.00. The first-order valence-electron chi connectivity index (χ1n) is 2.21. The van der Waals surface area contributed by atoms with Crippen LogP contribution in [-0.2, 0) is 0 Å². The van der Waals surface area contributed by atoms with Gasteiger partial charge in [0, 0.05) is 12.8 Å². The molecule has 0 spiro atoms. The summed E-state index contributed by atoms with van der Waals surface area (Å²) in [5, 5.41) is 3.22. The van der Waals surface area contributed by atoms with E-state index in [1.165, 1.54) is 25.9 Å². The Kier molecular flexibility index (Phi) is 0.892. The Morgan fingerprint density at radius 1 is 1.00 bits per heavy atom. The highest BCUT2D eigenvalue weighted by atomic mass is 14.9. The molecule has 0 aromatic heterocycles. The molecule has 1 rings (SSSR count). The van der Waals surface area contributed by atoms with Crippen LogP contribution in [0.25, 0.3) is 0 Å². The van der Waals surface area contributed by atoms with Crippen LogP contribution in [0.4, 0.5) is 0 Å². The van der Waals surface area contributed by atoms with Crippen molar-refractivity contribution in [1.29, 1.82) is 0 Å². The van der Waals surface area contributed by atoms with Crippen LogP contribution in [0.1, 0.15) is 12.8 Å². The SMILES string of the molecule is C1CC[NH+]C1. The monoisotopic (exact) mass is 71.1 g/mol. The average molecular weight is 71.1 g/mol. The Morgan fingerprint density at radius 2 is 1.60 bits per heavy atom. The lowest BCUT2D eigenvalue weighted by molar-refractivity contribution is -0.635. The number of rotatable bonds is 0. The minimum Gasteiger partial charge on any atom is -0.182 e. The lowest BCUT2D eigenvalue weighted by Crippen LogP contribution is -2.80. The maximum absolute atomic E-state index is 3.22. The van der Waals surface area contributed by atoms with E-state index < -0.39 is 0 Å². The van der Waals surface area contributed by atoms with E-state index in [0.717, 1.165) is 0 Å². The van der Waals surface area contributed by atoms with Crippen LogP contribution in [0.15, 0.2) is 0 Å². The first-order chi connectivity index (χ1) is 2.50. The molecule has 0 atom stereocenters. The number of hydrogen-bond acceptors (Lipinski definition) is 1. The topological polar surface area (TPSA) is 15.6 Å². The van der Waals surface area contributed by atoms with Crippen molar-refractivity contribution in [2.24, 2.45) is 0 Å². The van der Waals surface area contributed by atoms with E-state index in [1.807, 2.05) is 0 Å². The van der Waals surface area contributed by atoms with Gasteiger partial charge in [-0.1, -0.05) is 0 Å². The zero-order valence-corrected chi connectivity index (χ0v) is 3.33. The summed E-state index contributed by atoms with van der Waals surface area (Å²) in [6, 6.07) is 0. The molecular formula is C4H9N+. The second-order valence-corrected chi connectivity index (χ2v) is 1.46. The smallest absolute Gasteiger partial charge is 0.121 e. The Morgan fingerprint density at radius 3 is 1.80 bits per heavy atom. The second kappa shape index (κ2) is 1.41. The van der Waals surface area contributed by atoms with E-state index >= 15 is 0 Å². The van der Waals surface area contributed by atoms with Crippen LogP contribution in [0.5, 0.6) is 0 Å². The molecule has 1 aliphatic heterocycles. The third-order valence-electron chi connectivity index (χ3n) is 0.957. The Labute approximate surface area is 32.4 Å². The van der Waals surface area contributed by atoms with Gasteiger partial charge in [0.25, 0.3) is 0 Å². The van der Waals surface area contributed by atoms with Crippen molar-refractivity contribution >= 4 is 0 Å². The van der Waals surface area contributed by atoms with Gasteiger partial charge in [0.1, 0.15) is 13.1 Å². The molecule has 1 nitrogen and oxygen atoms in total. The van der Waals surface area contributed by atoms with Crippen molar-refractivity contribution in [2.45, 2.75) is 12.8 Å². The fourth-order valence-corrected chi connectivity index (χ4v) is 0.625. The Balaban J connectivity index is 2.08. The summed E-state index contributed by atoms with van der Waals surface area (Å²) in [6.07, 6.45) is 2.78. The molecule has 1 heteroatoms. The van der Waals surface area contributed by atoms with Crippen LogP contribution in [0.3, 0.4) is 0 Å². The largest absolute Gasteiger partial charge is 0.182 e. The summed E-state index contributed by atoms with van der Waals surface area (Å²) in [6.45, 7) is 2.50. The van der Waals surface area contributed by atoms with Crippen LogP contribution in [-0.4, -0.2) is 13.1 Å². The van der Waals surface area contributed by atoms with Crippen molar-refractivity contribution in [3.63, 3.8) is 0 Å². The third kappa shape index (κ3) is 0.618. The average Bonchev–Trinajstić information content (AvgIpc) is 1.76. The highest BCUT2D eigenvalue weighted by Crippen LogP contribution is 1.82. The van der Waals surface area contributed by atoms with Gasteiger partial charge in [0.2, 0.25) is 0 Å². The maximum atomic E-state index is 3.22.